The molecule has 0 saturated heterocycles. The van der Waals surface area contributed by atoms with Crippen LogP contribution in [-0.4, -0.2) is 26.8 Å². The molecule has 6 heteroatoms. The van der Waals surface area contributed by atoms with Crippen LogP contribution < -0.4 is 0 Å². The molecule has 1 aromatic heterocycles. The molecule has 3 aromatic rings. The summed E-state index contributed by atoms with van der Waals surface area (Å²) in [6, 6.07) is 18.1. The maximum Gasteiger partial charge on any atom is 0.290 e. The molecule has 0 bridgehead atoms. The third kappa shape index (κ3) is 3.75. The second-order valence-electron chi connectivity index (χ2n) is 6.88. The number of aliphatic hydroxyl groups excluding tert-OH is 1. The third-order valence-electron chi connectivity index (χ3n) is 4.89. The number of phenolic OH excluding ortho intramolecular Hbond substituents is 1. The highest BCUT2D eigenvalue weighted by Crippen LogP contribution is 2.39. The molecule has 1 aliphatic heterocycles. The summed E-state index contributed by atoms with van der Waals surface area (Å²) in [7, 11) is 0. The molecule has 0 radical (unpaired) electrons. The Morgan fingerprint density at radius 3 is 2.53 bits per heavy atom. The summed E-state index contributed by atoms with van der Waals surface area (Å²) in [5.74, 6) is -1.25. The Balaban J connectivity index is 1.73. The predicted octanol–water partition coefficient (Wildman–Crippen LogP) is 4.16. The highest BCUT2D eigenvalue weighted by molar-refractivity contribution is 6.14. The average molecular weight is 401 g/mol. The molecule has 1 aliphatic rings. The summed E-state index contributed by atoms with van der Waals surface area (Å²) >= 11 is 0. The van der Waals surface area contributed by atoms with E-state index in [4.69, 9.17) is 4.42 Å². The van der Waals surface area contributed by atoms with Crippen LogP contribution in [0.2, 0.25) is 0 Å². The largest absolute Gasteiger partial charge is 0.508 e. The van der Waals surface area contributed by atoms with E-state index in [0.717, 1.165) is 5.56 Å². The Labute approximate surface area is 173 Å². The van der Waals surface area contributed by atoms with Crippen LogP contribution in [-0.2, 0) is 16.1 Å². The fourth-order valence-electron chi connectivity index (χ4n) is 3.51. The van der Waals surface area contributed by atoms with Gasteiger partial charge in [0.25, 0.3) is 5.91 Å². The Hall–Kier alpha value is -4.06. The quantitative estimate of drug-likeness (QED) is 0.605. The van der Waals surface area contributed by atoms with E-state index in [1.807, 2.05) is 30.3 Å². The zero-order valence-corrected chi connectivity index (χ0v) is 15.9. The van der Waals surface area contributed by atoms with Gasteiger partial charge < -0.3 is 19.5 Å². The maximum absolute atomic E-state index is 13.0. The first-order valence-corrected chi connectivity index (χ1v) is 9.37. The first kappa shape index (κ1) is 19.3. The molecular weight excluding hydrogens is 382 g/mol. The number of carbonyl (C=O) groups excluding carboxylic acids is 2. The normalized spacial score (nSPS) is 16.6. The highest BCUT2D eigenvalue weighted by Gasteiger charge is 2.43. The standard InChI is InChI=1S/C24H19NO5/c26-18-9-4-8-17(14-18)22-21(20(27)12-11-16-6-2-1-3-7-16)23(28)24(29)25(22)15-19-10-5-13-30-19/h1-14,22,26,28H,15H2/b12-11+. The third-order valence-corrected chi connectivity index (χ3v) is 4.89. The van der Waals surface area contributed by atoms with Crippen LogP contribution in [0, 0.1) is 0 Å². The zero-order valence-electron chi connectivity index (χ0n) is 15.9. The predicted molar refractivity (Wildman–Crippen MR) is 110 cm³/mol. The van der Waals surface area contributed by atoms with E-state index in [9.17, 15) is 19.8 Å². The topological polar surface area (TPSA) is 91.0 Å². The van der Waals surface area contributed by atoms with Crippen LogP contribution in [0.25, 0.3) is 6.08 Å². The number of aliphatic hydroxyl groups is 1. The maximum atomic E-state index is 13.0. The molecule has 2 N–H and O–H groups in total. The summed E-state index contributed by atoms with van der Waals surface area (Å²) in [4.78, 5) is 27.2. The van der Waals surface area contributed by atoms with Crippen molar-refractivity contribution in [3.05, 3.63) is 107 Å². The van der Waals surface area contributed by atoms with Crippen LogP contribution in [0.5, 0.6) is 5.75 Å². The highest BCUT2D eigenvalue weighted by atomic mass is 16.3. The number of aromatic hydroxyl groups is 1. The minimum atomic E-state index is -0.859. The molecule has 0 aliphatic carbocycles. The lowest BCUT2D eigenvalue weighted by Crippen LogP contribution is -2.30. The Morgan fingerprint density at radius 2 is 1.83 bits per heavy atom. The number of hydrogen-bond donors (Lipinski definition) is 2. The van der Waals surface area contributed by atoms with Gasteiger partial charge in [-0.05, 0) is 41.5 Å². The van der Waals surface area contributed by atoms with Gasteiger partial charge in [-0.15, -0.1) is 0 Å². The van der Waals surface area contributed by atoms with Gasteiger partial charge in [-0.1, -0.05) is 48.5 Å². The van der Waals surface area contributed by atoms with Gasteiger partial charge in [0.05, 0.1) is 24.4 Å². The summed E-state index contributed by atoms with van der Waals surface area (Å²) in [5, 5.41) is 20.5. The van der Waals surface area contributed by atoms with Crippen LogP contribution >= 0.6 is 0 Å². The SMILES string of the molecule is O=C(/C=C/c1ccccc1)C1=C(O)C(=O)N(Cc2ccco2)C1c1cccc(O)c1. The second-order valence-corrected chi connectivity index (χ2v) is 6.88. The molecular formula is C24H19NO5. The number of carbonyl (C=O) groups is 2. The van der Waals surface area contributed by atoms with Gasteiger partial charge in [0.1, 0.15) is 11.5 Å². The fourth-order valence-corrected chi connectivity index (χ4v) is 3.51. The Morgan fingerprint density at radius 1 is 1.03 bits per heavy atom. The van der Waals surface area contributed by atoms with Crippen LogP contribution in [0.1, 0.15) is 22.9 Å². The van der Waals surface area contributed by atoms with Crippen molar-refractivity contribution < 1.29 is 24.2 Å². The second kappa shape index (κ2) is 8.13. The van der Waals surface area contributed by atoms with Gasteiger partial charge >= 0.3 is 0 Å². The van der Waals surface area contributed by atoms with Crippen molar-refractivity contribution in [1.82, 2.24) is 4.90 Å². The van der Waals surface area contributed by atoms with E-state index in [2.05, 4.69) is 0 Å². The lowest BCUT2D eigenvalue weighted by molar-refractivity contribution is -0.130. The number of allylic oxidation sites excluding steroid dienone is 1. The molecule has 0 spiro atoms. The van der Waals surface area contributed by atoms with E-state index >= 15 is 0 Å². The van der Waals surface area contributed by atoms with Gasteiger partial charge in [0.15, 0.2) is 11.5 Å². The van der Waals surface area contributed by atoms with E-state index in [1.54, 1.807) is 30.3 Å². The molecule has 0 saturated carbocycles. The molecule has 0 fully saturated rings. The molecule has 1 amide bonds. The van der Waals surface area contributed by atoms with Crippen molar-refractivity contribution in [2.45, 2.75) is 12.6 Å². The van der Waals surface area contributed by atoms with E-state index in [-0.39, 0.29) is 17.9 Å². The number of ketones is 1. The fraction of sp³-hybridized carbons (Fsp3) is 0.0833. The minimum Gasteiger partial charge on any atom is -0.508 e. The monoisotopic (exact) mass is 401 g/mol. The van der Waals surface area contributed by atoms with Gasteiger partial charge in [0, 0.05) is 0 Å². The number of benzene rings is 2. The number of rotatable bonds is 6. The Bertz CT molecular complexity index is 1130. The summed E-state index contributed by atoms with van der Waals surface area (Å²) < 4.78 is 5.35. The van der Waals surface area contributed by atoms with Crippen molar-refractivity contribution in [2.75, 3.05) is 0 Å². The molecule has 1 unspecified atom stereocenters. The van der Waals surface area contributed by atoms with E-state index in [1.165, 1.54) is 29.4 Å². The number of furan rings is 1. The van der Waals surface area contributed by atoms with E-state index < -0.39 is 23.5 Å². The van der Waals surface area contributed by atoms with Crippen molar-refractivity contribution in [2.24, 2.45) is 0 Å². The lowest BCUT2D eigenvalue weighted by atomic mass is 9.95. The number of phenols is 1. The van der Waals surface area contributed by atoms with Crippen molar-refractivity contribution in [1.29, 1.82) is 0 Å². The molecule has 2 heterocycles. The van der Waals surface area contributed by atoms with Crippen LogP contribution in [0.15, 0.2) is 94.8 Å². The first-order valence-electron chi connectivity index (χ1n) is 9.37. The van der Waals surface area contributed by atoms with Crippen molar-refractivity contribution >= 4 is 17.8 Å². The van der Waals surface area contributed by atoms with Crippen molar-refractivity contribution in [3.8, 4) is 5.75 Å². The molecule has 30 heavy (non-hydrogen) atoms. The number of amides is 1. The summed E-state index contributed by atoms with van der Waals surface area (Å²) in [6.45, 7) is 0.0649. The number of nitrogens with zero attached hydrogens (tertiary/aromatic N) is 1. The Kier molecular flexibility index (Phi) is 5.22. The van der Waals surface area contributed by atoms with Gasteiger partial charge in [-0.25, -0.2) is 0 Å². The van der Waals surface area contributed by atoms with E-state index in [0.29, 0.717) is 11.3 Å². The van der Waals surface area contributed by atoms with Gasteiger partial charge in [-0.2, -0.15) is 0 Å². The van der Waals surface area contributed by atoms with Crippen molar-refractivity contribution in [3.63, 3.8) is 0 Å². The first-order chi connectivity index (χ1) is 14.5. The van der Waals surface area contributed by atoms with Gasteiger partial charge in [-0.3, -0.25) is 9.59 Å². The molecule has 2 aromatic carbocycles. The lowest BCUT2D eigenvalue weighted by Gasteiger charge is -2.25. The molecule has 1 atom stereocenters. The number of hydrogen-bond acceptors (Lipinski definition) is 5. The smallest absolute Gasteiger partial charge is 0.290 e. The summed E-state index contributed by atoms with van der Waals surface area (Å²) in [6.07, 6.45) is 4.45. The minimum absolute atomic E-state index is 0.00378. The molecule has 6 nitrogen and oxygen atoms in total. The van der Waals surface area contributed by atoms with Gasteiger partial charge in [0.2, 0.25) is 0 Å². The van der Waals surface area contributed by atoms with Crippen LogP contribution in [0.4, 0.5) is 0 Å². The molecule has 4 rings (SSSR count). The zero-order chi connectivity index (χ0) is 21.1. The average Bonchev–Trinajstić information content (AvgIpc) is 3.35. The van der Waals surface area contributed by atoms with Crippen LogP contribution in [0.3, 0.4) is 0 Å². The summed E-state index contributed by atoms with van der Waals surface area (Å²) in [5.41, 5.74) is 1.29. The molecule has 150 valence electrons.